The van der Waals surface area contributed by atoms with E-state index >= 15 is 0 Å². The van der Waals surface area contributed by atoms with Gasteiger partial charge in [0.1, 0.15) is 6.10 Å². The molecule has 1 aromatic heterocycles. The fraction of sp³-hybridized carbons (Fsp3) is 0.529. The zero-order chi connectivity index (χ0) is 14.5. The Hall–Kier alpha value is -1.84. The van der Waals surface area contributed by atoms with Crippen molar-refractivity contribution in [2.75, 3.05) is 11.9 Å². The van der Waals surface area contributed by atoms with Crippen LogP contribution in [0.3, 0.4) is 0 Å². The van der Waals surface area contributed by atoms with Crippen LogP contribution in [0.1, 0.15) is 45.4 Å². The molecule has 0 spiro atoms. The van der Waals surface area contributed by atoms with Crippen LogP contribution in [-0.2, 0) is 0 Å². The van der Waals surface area contributed by atoms with Crippen molar-refractivity contribution in [2.24, 2.45) is 0 Å². The van der Waals surface area contributed by atoms with E-state index in [-0.39, 0.29) is 0 Å². The van der Waals surface area contributed by atoms with E-state index in [1.165, 1.54) is 19.3 Å². The number of fused-ring (bicyclic) bond motifs is 1. The number of hydrogen-bond acceptors (Lipinski definition) is 4. The minimum atomic E-state index is 0.302. The van der Waals surface area contributed by atoms with E-state index in [0.717, 1.165) is 42.6 Å². The Kier molecular flexibility index (Phi) is 4.53. The van der Waals surface area contributed by atoms with Crippen LogP contribution < -0.4 is 10.1 Å². The SMILES string of the molecule is CCCNc1nc(OC2CCCCC2)c2ccccc2n1. The first-order chi connectivity index (χ1) is 10.4. The summed E-state index contributed by atoms with van der Waals surface area (Å²) in [5.74, 6) is 1.40. The lowest BCUT2D eigenvalue weighted by atomic mass is 9.98. The molecule has 2 aromatic rings. The molecule has 0 atom stereocenters. The van der Waals surface area contributed by atoms with Crippen LogP contribution in [0.5, 0.6) is 5.88 Å². The lowest BCUT2D eigenvalue weighted by molar-refractivity contribution is 0.151. The van der Waals surface area contributed by atoms with Gasteiger partial charge in [0.15, 0.2) is 0 Å². The van der Waals surface area contributed by atoms with Crippen LogP contribution in [0.4, 0.5) is 5.95 Å². The molecule has 1 saturated carbocycles. The summed E-state index contributed by atoms with van der Waals surface area (Å²) in [5.41, 5.74) is 0.942. The zero-order valence-electron chi connectivity index (χ0n) is 12.6. The molecule has 1 fully saturated rings. The van der Waals surface area contributed by atoms with Crippen molar-refractivity contribution in [3.05, 3.63) is 24.3 Å². The van der Waals surface area contributed by atoms with E-state index in [1.807, 2.05) is 24.3 Å². The molecule has 21 heavy (non-hydrogen) atoms. The molecule has 4 nitrogen and oxygen atoms in total. The second-order valence-corrected chi connectivity index (χ2v) is 5.67. The van der Waals surface area contributed by atoms with Crippen LogP contribution in [0.15, 0.2) is 24.3 Å². The standard InChI is InChI=1S/C17H23N3O/c1-2-12-18-17-19-15-11-7-6-10-14(15)16(20-17)21-13-8-4-3-5-9-13/h6-7,10-11,13H,2-5,8-9,12H2,1H3,(H,18,19,20). The summed E-state index contributed by atoms with van der Waals surface area (Å²) in [6.45, 7) is 3.01. The van der Waals surface area contributed by atoms with Gasteiger partial charge in [0.2, 0.25) is 11.8 Å². The van der Waals surface area contributed by atoms with E-state index in [0.29, 0.717) is 12.1 Å². The molecule has 3 rings (SSSR count). The van der Waals surface area contributed by atoms with Crippen LogP contribution in [0.25, 0.3) is 10.9 Å². The fourth-order valence-corrected chi connectivity index (χ4v) is 2.79. The van der Waals surface area contributed by atoms with E-state index in [2.05, 4.69) is 22.2 Å². The van der Waals surface area contributed by atoms with Crippen molar-refractivity contribution in [3.8, 4) is 5.88 Å². The van der Waals surface area contributed by atoms with Crippen LogP contribution in [-0.4, -0.2) is 22.6 Å². The van der Waals surface area contributed by atoms with Crippen LogP contribution >= 0.6 is 0 Å². The van der Waals surface area contributed by atoms with Crippen molar-refractivity contribution < 1.29 is 4.74 Å². The number of ether oxygens (including phenoxy) is 1. The monoisotopic (exact) mass is 285 g/mol. The molecule has 4 heteroatoms. The van der Waals surface area contributed by atoms with Gasteiger partial charge in [0.25, 0.3) is 0 Å². The first-order valence-electron chi connectivity index (χ1n) is 8.04. The van der Waals surface area contributed by atoms with Crippen LogP contribution in [0.2, 0.25) is 0 Å². The second kappa shape index (κ2) is 6.74. The highest BCUT2D eigenvalue weighted by Gasteiger charge is 2.17. The number of anilines is 1. The van der Waals surface area contributed by atoms with Crippen molar-refractivity contribution in [2.45, 2.75) is 51.6 Å². The number of rotatable bonds is 5. The van der Waals surface area contributed by atoms with Gasteiger partial charge in [-0.2, -0.15) is 4.98 Å². The molecule has 112 valence electrons. The third-order valence-corrected chi connectivity index (χ3v) is 3.93. The summed E-state index contributed by atoms with van der Waals surface area (Å²) in [7, 11) is 0. The summed E-state index contributed by atoms with van der Waals surface area (Å²) in [6, 6.07) is 8.07. The molecule has 0 radical (unpaired) electrons. The van der Waals surface area contributed by atoms with Crippen molar-refractivity contribution in [1.29, 1.82) is 0 Å². The van der Waals surface area contributed by atoms with Crippen molar-refractivity contribution in [3.63, 3.8) is 0 Å². The molecule has 0 unspecified atom stereocenters. The highest BCUT2D eigenvalue weighted by atomic mass is 16.5. The molecule has 1 aliphatic carbocycles. The average molecular weight is 285 g/mol. The Morgan fingerprint density at radius 2 is 1.95 bits per heavy atom. The normalized spacial score (nSPS) is 16.0. The quantitative estimate of drug-likeness (QED) is 0.896. The molecule has 0 amide bonds. The van der Waals surface area contributed by atoms with Gasteiger partial charge in [0, 0.05) is 6.54 Å². The number of nitrogens with one attached hydrogen (secondary N) is 1. The Labute approximate surface area is 125 Å². The number of benzene rings is 1. The van der Waals surface area contributed by atoms with Gasteiger partial charge in [-0.3, -0.25) is 0 Å². The van der Waals surface area contributed by atoms with E-state index < -0.39 is 0 Å². The topological polar surface area (TPSA) is 47.0 Å². The Morgan fingerprint density at radius 3 is 2.76 bits per heavy atom. The average Bonchev–Trinajstić information content (AvgIpc) is 2.54. The van der Waals surface area contributed by atoms with Crippen molar-refractivity contribution >= 4 is 16.9 Å². The van der Waals surface area contributed by atoms with Gasteiger partial charge in [-0.05, 0) is 44.2 Å². The first-order valence-corrected chi connectivity index (χ1v) is 8.04. The van der Waals surface area contributed by atoms with Gasteiger partial charge in [-0.1, -0.05) is 25.5 Å². The molecular weight excluding hydrogens is 262 g/mol. The lowest BCUT2D eigenvalue weighted by Crippen LogP contribution is -2.20. The summed E-state index contributed by atoms with van der Waals surface area (Å²) in [4.78, 5) is 9.15. The Balaban J connectivity index is 1.89. The first kappa shape index (κ1) is 14.1. The lowest BCUT2D eigenvalue weighted by Gasteiger charge is -2.23. The van der Waals surface area contributed by atoms with Crippen molar-refractivity contribution in [1.82, 2.24) is 9.97 Å². The molecular formula is C17H23N3O. The summed E-state index contributed by atoms with van der Waals surface area (Å²) in [6.07, 6.45) is 7.47. The summed E-state index contributed by atoms with van der Waals surface area (Å²) < 4.78 is 6.20. The molecule has 1 heterocycles. The molecule has 0 saturated heterocycles. The number of hydrogen-bond donors (Lipinski definition) is 1. The maximum Gasteiger partial charge on any atom is 0.226 e. The second-order valence-electron chi connectivity index (χ2n) is 5.67. The van der Waals surface area contributed by atoms with Gasteiger partial charge < -0.3 is 10.1 Å². The predicted molar refractivity (Wildman–Crippen MR) is 85.8 cm³/mol. The smallest absolute Gasteiger partial charge is 0.226 e. The molecule has 1 aliphatic rings. The summed E-state index contributed by atoms with van der Waals surface area (Å²) >= 11 is 0. The third kappa shape index (κ3) is 3.43. The van der Waals surface area contributed by atoms with Gasteiger partial charge in [0.05, 0.1) is 10.9 Å². The third-order valence-electron chi connectivity index (χ3n) is 3.93. The van der Waals surface area contributed by atoms with E-state index in [4.69, 9.17) is 4.74 Å². The van der Waals surface area contributed by atoms with Gasteiger partial charge >= 0.3 is 0 Å². The number of aromatic nitrogens is 2. The molecule has 1 N–H and O–H groups in total. The molecule has 1 aromatic carbocycles. The van der Waals surface area contributed by atoms with E-state index in [9.17, 15) is 0 Å². The largest absolute Gasteiger partial charge is 0.474 e. The highest BCUT2D eigenvalue weighted by molar-refractivity contribution is 5.84. The maximum atomic E-state index is 6.20. The maximum absolute atomic E-state index is 6.20. The Bertz CT molecular complexity index is 594. The minimum absolute atomic E-state index is 0.302. The van der Waals surface area contributed by atoms with Crippen LogP contribution in [0, 0.1) is 0 Å². The summed E-state index contributed by atoms with van der Waals surface area (Å²) in [5, 5.41) is 4.27. The molecule has 0 bridgehead atoms. The number of nitrogens with zero attached hydrogens (tertiary/aromatic N) is 2. The zero-order valence-corrected chi connectivity index (χ0v) is 12.6. The molecule has 0 aliphatic heterocycles. The van der Waals surface area contributed by atoms with Gasteiger partial charge in [-0.15, -0.1) is 0 Å². The fourth-order valence-electron chi connectivity index (χ4n) is 2.79. The van der Waals surface area contributed by atoms with E-state index in [1.54, 1.807) is 0 Å². The predicted octanol–water partition coefficient (Wildman–Crippen LogP) is 4.16. The van der Waals surface area contributed by atoms with Gasteiger partial charge in [-0.25, -0.2) is 4.98 Å². The highest BCUT2D eigenvalue weighted by Crippen LogP contribution is 2.28. The minimum Gasteiger partial charge on any atom is -0.474 e. The Morgan fingerprint density at radius 1 is 1.14 bits per heavy atom. The number of para-hydroxylation sites is 1.